The lowest BCUT2D eigenvalue weighted by atomic mass is 10.1. The molecule has 0 aromatic heterocycles. The molecule has 1 saturated heterocycles. The molecule has 1 N–H and O–H groups in total. The average Bonchev–Trinajstić information content (AvgIpc) is 2.99. The van der Waals surface area contributed by atoms with Crippen LogP contribution in [0.5, 0.6) is 0 Å². The van der Waals surface area contributed by atoms with E-state index in [0.29, 0.717) is 11.4 Å². The van der Waals surface area contributed by atoms with Gasteiger partial charge in [-0.05, 0) is 41.1 Å². The van der Waals surface area contributed by atoms with Gasteiger partial charge >= 0.3 is 0 Å². The predicted molar refractivity (Wildman–Crippen MR) is 120 cm³/mol. The summed E-state index contributed by atoms with van der Waals surface area (Å²) in [5.74, 6) is -0.633. The van der Waals surface area contributed by atoms with E-state index in [1.807, 2.05) is 48.5 Å². The zero-order chi connectivity index (χ0) is 20.4. The van der Waals surface area contributed by atoms with Gasteiger partial charge in [-0.3, -0.25) is 14.4 Å². The van der Waals surface area contributed by atoms with Gasteiger partial charge in [-0.15, -0.1) is 11.8 Å². The Morgan fingerprint density at radius 1 is 1.03 bits per heavy atom. The first-order valence-corrected chi connectivity index (χ1v) is 10.9. The minimum atomic E-state index is -0.552. The molecule has 4 rings (SSSR count). The van der Waals surface area contributed by atoms with Crippen LogP contribution in [0.3, 0.4) is 0 Å². The molecule has 0 radical (unpaired) electrons. The molecule has 7 heteroatoms. The van der Waals surface area contributed by atoms with Crippen molar-refractivity contribution in [2.45, 2.75) is 11.7 Å². The lowest BCUT2D eigenvalue weighted by molar-refractivity contribution is -0.121. The van der Waals surface area contributed by atoms with E-state index in [1.165, 1.54) is 16.7 Å². The molecule has 146 valence electrons. The monoisotopic (exact) mass is 468 g/mol. The van der Waals surface area contributed by atoms with Crippen molar-refractivity contribution in [1.82, 2.24) is 0 Å². The summed E-state index contributed by atoms with van der Waals surface area (Å²) in [4.78, 5) is 38.6. The van der Waals surface area contributed by atoms with Crippen molar-refractivity contribution in [3.05, 3.63) is 71.2 Å². The summed E-state index contributed by atoms with van der Waals surface area (Å²) >= 11 is 4.55. The van der Waals surface area contributed by atoms with Crippen molar-refractivity contribution in [2.75, 3.05) is 16.0 Å². The molecule has 5 nitrogen and oxygen atoms in total. The molecule has 1 atom stereocenters. The minimum absolute atomic E-state index is 0.0965. The highest BCUT2D eigenvalue weighted by atomic mass is 79.9. The van der Waals surface area contributed by atoms with Gasteiger partial charge in [0.05, 0.1) is 16.7 Å². The fraction of sp³-hybridized carbons (Fsp3) is 0.136. The molecule has 29 heavy (non-hydrogen) atoms. The quantitative estimate of drug-likeness (QED) is 0.555. The fourth-order valence-electron chi connectivity index (χ4n) is 3.26. The SMILES string of the molecule is O=C(CS[C@@H]1CC(=O)N(c2cccc(Br)c2)C1=O)Nc1ccc2ccccc2c1. The summed E-state index contributed by atoms with van der Waals surface area (Å²) < 4.78 is 0.793. The molecule has 3 aromatic rings. The summed E-state index contributed by atoms with van der Waals surface area (Å²) in [7, 11) is 0. The maximum absolute atomic E-state index is 12.7. The molecule has 1 fully saturated rings. The number of fused-ring (bicyclic) bond motifs is 1. The Balaban J connectivity index is 1.37. The summed E-state index contributed by atoms with van der Waals surface area (Å²) in [6, 6.07) is 20.7. The molecule has 0 spiro atoms. The molecular formula is C22H17BrN2O3S. The van der Waals surface area contributed by atoms with Crippen molar-refractivity contribution in [3.8, 4) is 0 Å². The second-order valence-corrected chi connectivity index (χ2v) is 8.77. The van der Waals surface area contributed by atoms with Gasteiger partial charge in [0.2, 0.25) is 17.7 Å². The van der Waals surface area contributed by atoms with Crippen LogP contribution in [-0.2, 0) is 14.4 Å². The number of thioether (sulfide) groups is 1. The number of hydrogen-bond acceptors (Lipinski definition) is 4. The van der Waals surface area contributed by atoms with Crippen molar-refractivity contribution in [2.24, 2.45) is 0 Å². The van der Waals surface area contributed by atoms with Crippen LogP contribution >= 0.6 is 27.7 Å². The highest BCUT2D eigenvalue weighted by Crippen LogP contribution is 2.31. The first-order valence-electron chi connectivity index (χ1n) is 9.04. The zero-order valence-corrected chi connectivity index (χ0v) is 17.7. The molecule has 1 aliphatic rings. The standard InChI is InChI=1S/C22H17BrN2O3S/c23-16-6-3-7-18(11-16)25-21(27)12-19(22(25)28)29-13-20(26)24-17-9-8-14-4-1-2-5-15(14)10-17/h1-11,19H,12-13H2,(H,24,26)/t19-/m1/s1. The first-order chi connectivity index (χ1) is 14.0. The number of halogens is 1. The third kappa shape index (κ3) is 4.36. The maximum atomic E-state index is 12.7. The molecule has 3 amide bonds. The minimum Gasteiger partial charge on any atom is -0.325 e. The summed E-state index contributed by atoms with van der Waals surface area (Å²) in [5.41, 5.74) is 1.25. The van der Waals surface area contributed by atoms with E-state index >= 15 is 0 Å². The number of benzene rings is 3. The Kier molecular flexibility index (Phi) is 5.69. The number of rotatable bonds is 5. The third-order valence-corrected chi connectivity index (χ3v) is 6.31. The number of nitrogens with zero attached hydrogens (tertiary/aromatic N) is 1. The highest BCUT2D eigenvalue weighted by Gasteiger charge is 2.40. The molecule has 1 heterocycles. The Bertz CT molecular complexity index is 1120. The second kappa shape index (κ2) is 8.39. The van der Waals surface area contributed by atoms with Crippen LogP contribution in [0.1, 0.15) is 6.42 Å². The number of carbonyl (C=O) groups is 3. The maximum Gasteiger partial charge on any atom is 0.247 e. The van der Waals surface area contributed by atoms with Gasteiger partial charge in [0.25, 0.3) is 0 Å². The van der Waals surface area contributed by atoms with Crippen molar-refractivity contribution < 1.29 is 14.4 Å². The van der Waals surface area contributed by atoms with Gasteiger partial charge in [-0.2, -0.15) is 0 Å². The summed E-state index contributed by atoms with van der Waals surface area (Å²) in [6.07, 6.45) is 0.0965. The van der Waals surface area contributed by atoms with Gasteiger partial charge in [0, 0.05) is 16.6 Å². The van der Waals surface area contributed by atoms with Crippen molar-refractivity contribution in [1.29, 1.82) is 0 Å². The van der Waals surface area contributed by atoms with Gasteiger partial charge < -0.3 is 5.32 Å². The average molecular weight is 469 g/mol. The predicted octanol–water partition coefficient (Wildman–Crippen LogP) is 4.61. The zero-order valence-electron chi connectivity index (χ0n) is 15.3. The number of carbonyl (C=O) groups excluding carboxylic acids is 3. The number of imide groups is 1. The fourth-order valence-corrected chi connectivity index (χ4v) is 4.58. The smallest absolute Gasteiger partial charge is 0.247 e. The van der Waals surface area contributed by atoms with Crippen LogP contribution < -0.4 is 10.2 Å². The van der Waals surface area contributed by atoms with E-state index in [1.54, 1.807) is 18.2 Å². The summed E-state index contributed by atoms with van der Waals surface area (Å²) in [6.45, 7) is 0. The third-order valence-electron chi connectivity index (χ3n) is 4.62. The Morgan fingerprint density at radius 2 is 1.83 bits per heavy atom. The Hall–Kier alpha value is -2.64. The lowest BCUT2D eigenvalue weighted by Crippen LogP contribution is -2.31. The normalized spacial score (nSPS) is 16.4. The van der Waals surface area contributed by atoms with Gasteiger partial charge in [-0.1, -0.05) is 52.3 Å². The van der Waals surface area contributed by atoms with E-state index in [9.17, 15) is 14.4 Å². The Labute approximate surface area is 180 Å². The largest absolute Gasteiger partial charge is 0.325 e. The molecule has 0 saturated carbocycles. The van der Waals surface area contributed by atoms with Crippen molar-refractivity contribution in [3.63, 3.8) is 0 Å². The van der Waals surface area contributed by atoms with E-state index < -0.39 is 5.25 Å². The van der Waals surface area contributed by atoms with E-state index in [4.69, 9.17) is 0 Å². The molecule has 1 aliphatic heterocycles. The first kappa shape index (κ1) is 19.7. The van der Waals surface area contributed by atoms with E-state index in [-0.39, 0.29) is 29.9 Å². The Morgan fingerprint density at radius 3 is 2.62 bits per heavy atom. The van der Waals surface area contributed by atoms with Crippen LogP contribution in [0.2, 0.25) is 0 Å². The van der Waals surface area contributed by atoms with Crippen LogP contribution in [0.4, 0.5) is 11.4 Å². The molecule has 0 aliphatic carbocycles. The topological polar surface area (TPSA) is 66.5 Å². The van der Waals surface area contributed by atoms with Crippen LogP contribution in [0.25, 0.3) is 10.8 Å². The lowest BCUT2D eigenvalue weighted by Gasteiger charge is -2.15. The molecule has 0 unspecified atom stereocenters. The number of amides is 3. The molecular weight excluding hydrogens is 452 g/mol. The van der Waals surface area contributed by atoms with Gasteiger partial charge in [0.1, 0.15) is 0 Å². The summed E-state index contributed by atoms with van der Waals surface area (Å²) in [5, 5.41) is 4.45. The number of hydrogen-bond donors (Lipinski definition) is 1. The molecule has 0 bridgehead atoms. The van der Waals surface area contributed by atoms with E-state index in [0.717, 1.165) is 15.2 Å². The number of anilines is 2. The second-order valence-electron chi connectivity index (χ2n) is 6.66. The highest BCUT2D eigenvalue weighted by molar-refractivity contribution is 9.10. The van der Waals surface area contributed by atoms with Crippen LogP contribution in [0, 0.1) is 0 Å². The van der Waals surface area contributed by atoms with Crippen LogP contribution in [-0.4, -0.2) is 28.7 Å². The van der Waals surface area contributed by atoms with Crippen molar-refractivity contribution >= 4 is 67.6 Å². The van der Waals surface area contributed by atoms with E-state index in [2.05, 4.69) is 21.2 Å². The van der Waals surface area contributed by atoms with Gasteiger partial charge in [0.15, 0.2) is 0 Å². The number of nitrogens with one attached hydrogen (secondary N) is 1. The van der Waals surface area contributed by atoms with Gasteiger partial charge in [-0.25, -0.2) is 4.90 Å². The van der Waals surface area contributed by atoms with Crippen LogP contribution in [0.15, 0.2) is 71.2 Å². The molecule has 3 aromatic carbocycles.